The molecule has 1 aromatic rings. The second-order valence-corrected chi connectivity index (χ2v) is 4.47. The van der Waals surface area contributed by atoms with Crippen LogP contribution in [-0.4, -0.2) is 32.1 Å². The highest BCUT2D eigenvalue weighted by molar-refractivity contribution is 5.93. The molecule has 0 aliphatic heterocycles. The molecule has 0 aliphatic rings. The van der Waals surface area contributed by atoms with E-state index in [0.717, 1.165) is 19.4 Å². The minimum Gasteiger partial charge on any atom is -0.462 e. The molecule has 0 atom stereocenters. The van der Waals surface area contributed by atoms with Gasteiger partial charge in [-0.2, -0.15) is 0 Å². The molecule has 0 aromatic heterocycles. The Balaban J connectivity index is 2.45. The minimum absolute atomic E-state index is 0.0263. The molecule has 0 heterocycles. The molecule has 0 saturated heterocycles. The Labute approximate surface area is 119 Å². The van der Waals surface area contributed by atoms with Crippen molar-refractivity contribution in [1.82, 2.24) is 5.32 Å². The average molecular weight is 278 g/mol. The predicted molar refractivity (Wildman–Crippen MR) is 78.8 cm³/mol. The van der Waals surface area contributed by atoms with Crippen molar-refractivity contribution in [2.24, 2.45) is 0 Å². The first-order valence-corrected chi connectivity index (χ1v) is 6.89. The SMILES string of the molecule is CCCOC(=O)c1ccc(NC(=O)CCCNC)cc1. The topological polar surface area (TPSA) is 67.4 Å². The van der Waals surface area contributed by atoms with E-state index in [1.807, 2.05) is 14.0 Å². The Kier molecular flexibility index (Phi) is 7.35. The molecule has 0 saturated carbocycles. The molecule has 1 amide bonds. The Morgan fingerprint density at radius 1 is 1.20 bits per heavy atom. The van der Waals surface area contributed by atoms with E-state index in [-0.39, 0.29) is 11.9 Å². The molecule has 0 radical (unpaired) electrons. The molecule has 110 valence electrons. The van der Waals surface area contributed by atoms with Crippen molar-refractivity contribution in [3.63, 3.8) is 0 Å². The van der Waals surface area contributed by atoms with Gasteiger partial charge in [0, 0.05) is 12.1 Å². The highest BCUT2D eigenvalue weighted by Crippen LogP contribution is 2.11. The summed E-state index contributed by atoms with van der Waals surface area (Å²) in [5.41, 5.74) is 1.18. The first-order chi connectivity index (χ1) is 9.67. The number of benzene rings is 1. The zero-order chi connectivity index (χ0) is 14.8. The maximum atomic E-state index is 11.6. The number of ether oxygens (including phenoxy) is 1. The van der Waals surface area contributed by atoms with Crippen LogP contribution in [0.3, 0.4) is 0 Å². The van der Waals surface area contributed by atoms with Gasteiger partial charge in [0.1, 0.15) is 0 Å². The molecule has 0 fully saturated rings. The van der Waals surface area contributed by atoms with E-state index in [2.05, 4.69) is 10.6 Å². The smallest absolute Gasteiger partial charge is 0.338 e. The highest BCUT2D eigenvalue weighted by atomic mass is 16.5. The van der Waals surface area contributed by atoms with E-state index in [9.17, 15) is 9.59 Å². The van der Waals surface area contributed by atoms with Gasteiger partial charge in [-0.1, -0.05) is 6.92 Å². The highest BCUT2D eigenvalue weighted by Gasteiger charge is 2.07. The summed E-state index contributed by atoms with van der Waals surface area (Å²) < 4.78 is 5.03. The Hall–Kier alpha value is -1.88. The van der Waals surface area contributed by atoms with Crippen LogP contribution >= 0.6 is 0 Å². The molecule has 0 aliphatic carbocycles. The maximum Gasteiger partial charge on any atom is 0.338 e. The second-order valence-electron chi connectivity index (χ2n) is 4.47. The predicted octanol–water partition coefficient (Wildman–Crippen LogP) is 2.19. The van der Waals surface area contributed by atoms with Crippen LogP contribution in [0.4, 0.5) is 5.69 Å². The summed E-state index contributed by atoms with van der Waals surface area (Å²) in [6.07, 6.45) is 2.07. The van der Waals surface area contributed by atoms with E-state index in [4.69, 9.17) is 4.74 Å². The summed E-state index contributed by atoms with van der Waals surface area (Å²) in [7, 11) is 1.86. The summed E-state index contributed by atoms with van der Waals surface area (Å²) in [6.45, 7) is 3.18. The molecule has 5 nitrogen and oxygen atoms in total. The maximum absolute atomic E-state index is 11.6. The number of anilines is 1. The zero-order valence-corrected chi connectivity index (χ0v) is 12.1. The van der Waals surface area contributed by atoms with Crippen LogP contribution in [0.25, 0.3) is 0 Å². The van der Waals surface area contributed by atoms with Crippen molar-refractivity contribution >= 4 is 17.6 Å². The van der Waals surface area contributed by atoms with Crippen molar-refractivity contribution in [1.29, 1.82) is 0 Å². The van der Waals surface area contributed by atoms with Gasteiger partial charge in [-0.3, -0.25) is 4.79 Å². The van der Waals surface area contributed by atoms with Crippen LogP contribution in [0.2, 0.25) is 0 Å². The fourth-order valence-electron chi connectivity index (χ4n) is 1.62. The lowest BCUT2D eigenvalue weighted by atomic mass is 10.2. The molecule has 0 bridgehead atoms. The van der Waals surface area contributed by atoms with Crippen molar-refractivity contribution in [3.8, 4) is 0 Å². The number of hydrogen-bond donors (Lipinski definition) is 2. The first-order valence-electron chi connectivity index (χ1n) is 6.89. The molecule has 1 rings (SSSR count). The third-order valence-corrected chi connectivity index (χ3v) is 2.67. The normalized spacial score (nSPS) is 10.1. The lowest BCUT2D eigenvalue weighted by Crippen LogP contribution is -2.15. The van der Waals surface area contributed by atoms with E-state index in [1.165, 1.54) is 0 Å². The van der Waals surface area contributed by atoms with Gasteiger partial charge in [-0.15, -0.1) is 0 Å². The fourth-order valence-corrected chi connectivity index (χ4v) is 1.62. The number of amides is 1. The van der Waals surface area contributed by atoms with Crippen molar-refractivity contribution < 1.29 is 14.3 Å². The lowest BCUT2D eigenvalue weighted by molar-refractivity contribution is -0.116. The quantitative estimate of drug-likeness (QED) is 0.565. The van der Waals surface area contributed by atoms with Gasteiger partial charge < -0.3 is 15.4 Å². The van der Waals surface area contributed by atoms with Gasteiger partial charge in [0.05, 0.1) is 12.2 Å². The third kappa shape index (κ3) is 5.84. The number of carbonyl (C=O) groups is 2. The van der Waals surface area contributed by atoms with E-state index < -0.39 is 0 Å². The monoisotopic (exact) mass is 278 g/mol. The van der Waals surface area contributed by atoms with Gasteiger partial charge in [-0.05, 0) is 50.7 Å². The van der Waals surface area contributed by atoms with Gasteiger partial charge in [0.2, 0.25) is 5.91 Å². The number of esters is 1. The van der Waals surface area contributed by atoms with Crippen LogP contribution in [0.15, 0.2) is 24.3 Å². The molecular formula is C15H22N2O3. The molecule has 5 heteroatoms. The van der Waals surface area contributed by atoms with Crippen molar-refractivity contribution in [2.45, 2.75) is 26.2 Å². The summed E-state index contributed by atoms with van der Waals surface area (Å²) in [5, 5.41) is 5.78. The summed E-state index contributed by atoms with van der Waals surface area (Å²) in [6, 6.07) is 6.72. The van der Waals surface area contributed by atoms with Crippen LogP contribution in [-0.2, 0) is 9.53 Å². The second kappa shape index (κ2) is 9.09. The number of rotatable bonds is 8. The number of hydrogen-bond acceptors (Lipinski definition) is 4. The van der Waals surface area contributed by atoms with Crippen LogP contribution in [0, 0.1) is 0 Å². The fraction of sp³-hybridized carbons (Fsp3) is 0.467. The minimum atomic E-state index is -0.334. The Morgan fingerprint density at radius 2 is 1.90 bits per heavy atom. The number of carbonyl (C=O) groups excluding carboxylic acids is 2. The molecule has 2 N–H and O–H groups in total. The molecule has 1 aromatic carbocycles. The number of nitrogens with one attached hydrogen (secondary N) is 2. The van der Waals surface area contributed by atoms with Crippen LogP contribution in [0.5, 0.6) is 0 Å². The molecule has 0 spiro atoms. The van der Waals surface area contributed by atoms with Gasteiger partial charge in [0.25, 0.3) is 0 Å². The van der Waals surface area contributed by atoms with Crippen LogP contribution in [0.1, 0.15) is 36.5 Å². The Morgan fingerprint density at radius 3 is 2.50 bits per heavy atom. The molecule has 20 heavy (non-hydrogen) atoms. The molecule has 0 unspecified atom stereocenters. The zero-order valence-electron chi connectivity index (χ0n) is 12.1. The summed E-state index contributed by atoms with van der Waals surface area (Å²) in [4.78, 5) is 23.2. The summed E-state index contributed by atoms with van der Waals surface area (Å²) >= 11 is 0. The third-order valence-electron chi connectivity index (χ3n) is 2.67. The Bertz CT molecular complexity index is 429. The first kappa shape index (κ1) is 16.2. The van der Waals surface area contributed by atoms with E-state index in [0.29, 0.717) is 24.3 Å². The largest absolute Gasteiger partial charge is 0.462 e. The van der Waals surface area contributed by atoms with Crippen LogP contribution < -0.4 is 10.6 Å². The van der Waals surface area contributed by atoms with Gasteiger partial charge in [-0.25, -0.2) is 4.79 Å². The van der Waals surface area contributed by atoms with Crippen molar-refractivity contribution in [2.75, 3.05) is 25.5 Å². The van der Waals surface area contributed by atoms with Gasteiger partial charge in [0.15, 0.2) is 0 Å². The van der Waals surface area contributed by atoms with Crippen molar-refractivity contribution in [3.05, 3.63) is 29.8 Å². The average Bonchev–Trinajstić information content (AvgIpc) is 2.46. The lowest BCUT2D eigenvalue weighted by Gasteiger charge is -2.07. The molecular weight excluding hydrogens is 256 g/mol. The van der Waals surface area contributed by atoms with E-state index in [1.54, 1.807) is 24.3 Å². The summed E-state index contributed by atoms with van der Waals surface area (Å²) in [5.74, 6) is -0.361. The standard InChI is InChI=1S/C15H22N2O3/c1-3-11-20-15(19)12-6-8-13(9-7-12)17-14(18)5-4-10-16-2/h6-9,16H,3-5,10-11H2,1-2H3,(H,17,18). The van der Waals surface area contributed by atoms with Gasteiger partial charge >= 0.3 is 5.97 Å². The van der Waals surface area contributed by atoms with E-state index >= 15 is 0 Å².